The van der Waals surface area contributed by atoms with E-state index in [4.69, 9.17) is 15.2 Å². The largest absolute Gasteiger partial charge is 0.366 e. The molecule has 0 aromatic heterocycles. The van der Waals surface area contributed by atoms with Crippen LogP contribution >= 0.6 is 0 Å². The third-order valence-electron chi connectivity index (χ3n) is 1.24. The van der Waals surface area contributed by atoms with E-state index in [1.165, 1.54) is 0 Å². The number of carbonyl (C=O) groups is 1. The molecule has 4 nitrogen and oxygen atoms in total. The maximum Gasteiger partial charge on any atom is 0.246 e. The number of ether oxygens (including phenoxy) is 2. The fraction of sp³-hybridized carbons (Fsp3) is 0.667. The van der Waals surface area contributed by atoms with Crippen LogP contribution in [0.25, 0.3) is 0 Å². The lowest BCUT2D eigenvalue weighted by Crippen LogP contribution is -2.17. The van der Waals surface area contributed by atoms with Gasteiger partial charge >= 0.3 is 0 Å². The maximum atomic E-state index is 10.5. The molecule has 0 saturated heterocycles. The fourth-order valence-corrected chi connectivity index (χ4v) is 0.579. The molecule has 0 aliphatic heterocycles. The predicted molar refractivity (Wildman–Crippen MR) is 49.9 cm³/mol. The average Bonchev–Trinajstić information content (AvgIpc) is 2.02. The van der Waals surface area contributed by atoms with E-state index >= 15 is 0 Å². The van der Waals surface area contributed by atoms with Crippen molar-refractivity contribution in [3.63, 3.8) is 0 Å². The normalized spacial score (nSPS) is 10.4. The molecular formula is C9H17NO3. The first-order valence-electron chi connectivity index (χ1n) is 4.17. The number of hydrogen-bond donors (Lipinski definition) is 1. The van der Waals surface area contributed by atoms with Crippen molar-refractivity contribution in [2.45, 2.75) is 13.8 Å². The van der Waals surface area contributed by atoms with Gasteiger partial charge in [0.25, 0.3) is 0 Å². The van der Waals surface area contributed by atoms with Gasteiger partial charge in [-0.1, -0.05) is 20.4 Å². The van der Waals surface area contributed by atoms with Crippen molar-refractivity contribution < 1.29 is 14.3 Å². The Kier molecular flexibility index (Phi) is 6.18. The number of hydrogen-bond acceptors (Lipinski definition) is 3. The Morgan fingerprint density at radius 3 is 2.54 bits per heavy atom. The zero-order chi connectivity index (χ0) is 10.3. The molecule has 0 bridgehead atoms. The lowest BCUT2D eigenvalue weighted by Gasteiger charge is -2.07. The van der Waals surface area contributed by atoms with Gasteiger partial charge in [-0.15, -0.1) is 0 Å². The molecule has 1 amide bonds. The monoisotopic (exact) mass is 187 g/mol. The number of carbonyl (C=O) groups excluding carboxylic acids is 1. The van der Waals surface area contributed by atoms with Gasteiger partial charge in [-0.05, 0) is 5.92 Å². The van der Waals surface area contributed by atoms with E-state index in [1.54, 1.807) is 0 Å². The van der Waals surface area contributed by atoms with Crippen LogP contribution < -0.4 is 5.73 Å². The van der Waals surface area contributed by atoms with Gasteiger partial charge in [0.2, 0.25) is 5.91 Å². The Morgan fingerprint density at radius 1 is 1.46 bits per heavy atom. The van der Waals surface area contributed by atoms with Gasteiger partial charge in [0.15, 0.2) is 0 Å². The van der Waals surface area contributed by atoms with Crippen LogP contribution in [0.15, 0.2) is 12.2 Å². The Labute approximate surface area is 78.7 Å². The average molecular weight is 187 g/mol. The smallest absolute Gasteiger partial charge is 0.246 e. The SMILES string of the molecule is C=C(COCOCC(C)C)C(N)=O. The minimum atomic E-state index is -0.538. The van der Waals surface area contributed by atoms with Crippen molar-refractivity contribution in [2.75, 3.05) is 20.0 Å². The predicted octanol–water partition coefficient (Wildman–Crippen LogP) is 0.675. The molecule has 2 N–H and O–H groups in total. The first kappa shape index (κ1) is 12.1. The number of rotatable bonds is 7. The minimum Gasteiger partial charge on any atom is -0.366 e. The van der Waals surface area contributed by atoms with Crippen molar-refractivity contribution in [1.29, 1.82) is 0 Å². The molecule has 13 heavy (non-hydrogen) atoms. The van der Waals surface area contributed by atoms with Gasteiger partial charge in [-0.25, -0.2) is 0 Å². The summed E-state index contributed by atoms with van der Waals surface area (Å²) in [6.07, 6.45) is 0. The summed E-state index contributed by atoms with van der Waals surface area (Å²) in [6.45, 7) is 8.47. The van der Waals surface area contributed by atoms with Crippen LogP contribution in [0.1, 0.15) is 13.8 Å². The zero-order valence-electron chi connectivity index (χ0n) is 8.21. The molecule has 0 fully saturated rings. The van der Waals surface area contributed by atoms with Gasteiger partial charge in [0.05, 0.1) is 13.2 Å². The van der Waals surface area contributed by atoms with Crippen LogP contribution in [0, 0.1) is 5.92 Å². The van der Waals surface area contributed by atoms with E-state index in [0.717, 1.165) is 0 Å². The lowest BCUT2D eigenvalue weighted by molar-refractivity contribution is -0.116. The molecule has 0 rings (SSSR count). The third kappa shape index (κ3) is 7.49. The van der Waals surface area contributed by atoms with Gasteiger partial charge in [0, 0.05) is 5.57 Å². The second-order valence-electron chi connectivity index (χ2n) is 3.20. The first-order valence-corrected chi connectivity index (χ1v) is 4.17. The standard InChI is InChI=1S/C9H17NO3/c1-7(2)4-12-6-13-5-8(3)9(10)11/h7H,3-6H2,1-2H3,(H2,10,11). The molecule has 0 heterocycles. The minimum absolute atomic E-state index is 0.132. The molecular weight excluding hydrogens is 170 g/mol. The zero-order valence-corrected chi connectivity index (χ0v) is 8.21. The van der Waals surface area contributed by atoms with Crippen LogP contribution in [0.4, 0.5) is 0 Å². The highest BCUT2D eigenvalue weighted by Crippen LogP contribution is 1.94. The van der Waals surface area contributed by atoms with E-state index in [1.807, 2.05) is 13.8 Å². The molecule has 0 aliphatic carbocycles. The van der Waals surface area contributed by atoms with Crippen molar-refractivity contribution in [2.24, 2.45) is 11.7 Å². The summed E-state index contributed by atoms with van der Waals surface area (Å²) in [7, 11) is 0. The Morgan fingerprint density at radius 2 is 2.08 bits per heavy atom. The first-order chi connectivity index (χ1) is 6.04. The highest BCUT2D eigenvalue weighted by Gasteiger charge is 2.00. The summed E-state index contributed by atoms with van der Waals surface area (Å²) in [5, 5.41) is 0. The van der Waals surface area contributed by atoms with E-state index in [-0.39, 0.29) is 19.0 Å². The summed E-state index contributed by atoms with van der Waals surface area (Å²) < 4.78 is 10.1. The summed E-state index contributed by atoms with van der Waals surface area (Å²) in [4.78, 5) is 10.5. The Hall–Kier alpha value is -0.870. The summed E-state index contributed by atoms with van der Waals surface area (Å²) in [5.74, 6) is -0.0631. The van der Waals surface area contributed by atoms with Crippen molar-refractivity contribution in [3.05, 3.63) is 12.2 Å². The number of primary amides is 1. The molecule has 0 aliphatic rings. The summed E-state index contributed by atoms with van der Waals surface area (Å²) in [5.41, 5.74) is 5.20. The summed E-state index contributed by atoms with van der Waals surface area (Å²) in [6, 6.07) is 0. The molecule has 0 radical (unpaired) electrons. The molecule has 0 saturated carbocycles. The topological polar surface area (TPSA) is 61.6 Å². The molecule has 0 unspecified atom stereocenters. The molecule has 0 atom stereocenters. The lowest BCUT2D eigenvalue weighted by atomic mass is 10.2. The van der Waals surface area contributed by atoms with Crippen molar-refractivity contribution in [3.8, 4) is 0 Å². The van der Waals surface area contributed by atoms with E-state index < -0.39 is 5.91 Å². The van der Waals surface area contributed by atoms with Gasteiger partial charge in [-0.3, -0.25) is 4.79 Å². The van der Waals surface area contributed by atoms with Crippen LogP contribution in [0.2, 0.25) is 0 Å². The highest BCUT2D eigenvalue weighted by molar-refractivity contribution is 5.91. The molecule has 4 heteroatoms. The van der Waals surface area contributed by atoms with Gasteiger partial charge in [0.1, 0.15) is 6.79 Å². The quantitative estimate of drug-likeness (QED) is 0.362. The van der Waals surface area contributed by atoms with Crippen LogP contribution in [-0.2, 0) is 14.3 Å². The summed E-state index contributed by atoms with van der Waals surface area (Å²) >= 11 is 0. The second-order valence-corrected chi connectivity index (χ2v) is 3.20. The number of nitrogens with two attached hydrogens (primary N) is 1. The van der Waals surface area contributed by atoms with E-state index in [9.17, 15) is 4.79 Å². The fourth-order valence-electron chi connectivity index (χ4n) is 0.579. The van der Waals surface area contributed by atoms with Crippen molar-refractivity contribution >= 4 is 5.91 Å². The van der Waals surface area contributed by atoms with Crippen LogP contribution in [0.5, 0.6) is 0 Å². The van der Waals surface area contributed by atoms with E-state index in [0.29, 0.717) is 12.5 Å². The second kappa shape index (κ2) is 6.62. The third-order valence-corrected chi connectivity index (χ3v) is 1.24. The van der Waals surface area contributed by atoms with Crippen molar-refractivity contribution in [1.82, 2.24) is 0 Å². The molecule has 76 valence electrons. The molecule has 0 spiro atoms. The van der Waals surface area contributed by atoms with Crippen LogP contribution in [-0.4, -0.2) is 25.9 Å². The number of amides is 1. The Balaban J connectivity index is 3.26. The van der Waals surface area contributed by atoms with E-state index in [2.05, 4.69) is 6.58 Å². The highest BCUT2D eigenvalue weighted by atomic mass is 16.7. The molecule has 0 aromatic carbocycles. The van der Waals surface area contributed by atoms with Crippen LogP contribution in [0.3, 0.4) is 0 Å². The van der Waals surface area contributed by atoms with Gasteiger partial charge < -0.3 is 15.2 Å². The maximum absolute atomic E-state index is 10.5. The molecule has 0 aromatic rings. The Bertz CT molecular complexity index is 178. The van der Waals surface area contributed by atoms with Gasteiger partial charge in [-0.2, -0.15) is 0 Å².